The van der Waals surface area contributed by atoms with E-state index in [0.29, 0.717) is 23.3 Å². The highest BCUT2D eigenvalue weighted by Gasteiger charge is 2.26. The zero-order valence-electron chi connectivity index (χ0n) is 12.8. The second kappa shape index (κ2) is 5.77. The minimum Gasteiger partial charge on any atom is -0.369 e. The predicted octanol–water partition coefficient (Wildman–Crippen LogP) is 0.735. The van der Waals surface area contributed by atoms with E-state index in [-0.39, 0.29) is 16.7 Å². The summed E-state index contributed by atoms with van der Waals surface area (Å²) in [6, 6.07) is 4.80. The van der Waals surface area contributed by atoms with Crippen LogP contribution in [0.5, 0.6) is 0 Å². The van der Waals surface area contributed by atoms with Gasteiger partial charge in [-0.25, -0.2) is 18.4 Å². The van der Waals surface area contributed by atoms with Crippen LogP contribution in [0.15, 0.2) is 29.4 Å². The number of primary amides is 1. The summed E-state index contributed by atoms with van der Waals surface area (Å²) in [6.45, 7) is 1.24. The third-order valence-electron chi connectivity index (χ3n) is 4.14. The summed E-state index contributed by atoms with van der Waals surface area (Å²) >= 11 is 0. The van der Waals surface area contributed by atoms with Gasteiger partial charge in [0.05, 0.1) is 16.3 Å². The van der Waals surface area contributed by atoms with Crippen molar-refractivity contribution in [3.8, 4) is 0 Å². The Labute approximate surface area is 134 Å². The number of fused-ring (bicyclic) bond motifs is 1. The molecule has 0 saturated carbocycles. The number of anilines is 1. The van der Waals surface area contributed by atoms with Crippen LogP contribution in [-0.4, -0.2) is 43.6 Å². The average molecular weight is 334 g/mol. The molecule has 1 aromatic carbocycles. The maximum Gasteiger partial charge on any atom is 0.222 e. The second-order valence-electron chi connectivity index (χ2n) is 5.84. The van der Waals surface area contributed by atoms with Crippen molar-refractivity contribution < 1.29 is 13.2 Å². The van der Waals surface area contributed by atoms with Gasteiger partial charge < -0.3 is 10.6 Å². The quantitative estimate of drug-likeness (QED) is 0.887. The number of nitrogens with two attached hydrogens (primary N) is 1. The molecular formula is C15H18N4O3S. The van der Waals surface area contributed by atoms with Crippen LogP contribution in [-0.2, 0) is 14.6 Å². The van der Waals surface area contributed by atoms with Crippen molar-refractivity contribution >= 4 is 32.5 Å². The lowest BCUT2D eigenvalue weighted by atomic mass is 9.97. The van der Waals surface area contributed by atoms with Crippen molar-refractivity contribution in [2.45, 2.75) is 17.7 Å². The Kier molecular flexibility index (Phi) is 3.93. The Morgan fingerprint density at radius 1 is 1.35 bits per heavy atom. The number of piperidine rings is 1. The fourth-order valence-corrected chi connectivity index (χ4v) is 3.55. The van der Waals surface area contributed by atoms with E-state index >= 15 is 0 Å². The molecule has 1 amide bonds. The highest BCUT2D eigenvalue weighted by molar-refractivity contribution is 7.90. The van der Waals surface area contributed by atoms with Gasteiger partial charge in [-0.3, -0.25) is 4.79 Å². The molecule has 1 aliphatic heterocycles. The molecule has 1 unspecified atom stereocenters. The minimum atomic E-state index is -3.31. The number of aromatic nitrogens is 2. The van der Waals surface area contributed by atoms with Gasteiger partial charge in [0.2, 0.25) is 5.91 Å². The molecule has 7 nitrogen and oxygen atoms in total. The van der Waals surface area contributed by atoms with E-state index in [1.54, 1.807) is 12.1 Å². The number of sulfone groups is 1. The summed E-state index contributed by atoms with van der Waals surface area (Å²) in [6.07, 6.45) is 4.22. The van der Waals surface area contributed by atoms with Gasteiger partial charge in [0.15, 0.2) is 9.84 Å². The standard InChI is InChI=1S/C15H18N4O3S/c1-23(21,22)11-4-5-13-12(7-11)15(18-9-17-13)19-6-2-3-10(8-19)14(16)20/h4-5,7,9-10H,2-3,6,8H2,1H3,(H2,16,20). The van der Waals surface area contributed by atoms with E-state index < -0.39 is 9.84 Å². The molecule has 0 radical (unpaired) electrons. The third-order valence-corrected chi connectivity index (χ3v) is 5.25. The minimum absolute atomic E-state index is 0.216. The number of hydrogen-bond donors (Lipinski definition) is 1. The SMILES string of the molecule is CS(=O)(=O)c1ccc2ncnc(N3CCCC(C(N)=O)C3)c2c1. The second-order valence-corrected chi connectivity index (χ2v) is 7.85. The molecule has 0 bridgehead atoms. The molecule has 2 N–H and O–H groups in total. The molecule has 0 spiro atoms. The van der Waals surface area contributed by atoms with Gasteiger partial charge in [0, 0.05) is 24.7 Å². The van der Waals surface area contributed by atoms with E-state index in [2.05, 4.69) is 9.97 Å². The van der Waals surface area contributed by atoms with Crippen LogP contribution in [0.4, 0.5) is 5.82 Å². The lowest BCUT2D eigenvalue weighted by Crippen LogP contribution is -2.41. The van der Waals surface area contributed by atoms with Gasteiger partial charge in [0.1, 0.15) is 12.1 Å². The summed E-state index contributed by atoms with van der Waals surface area (Å²) in [5.41, 5.74) is 6.09. The van der Waals surface area contributed by atoms with Crippen molar-refractivity contribution in [1.29, 1.82) is 0 Å². The molecule has 2 aromatic rings. The molecule has 1 aromatic heterocycles. The van der Waals surface area contributed by atoms with Crippen LogP contribution < -0.4 is 10.6 Å². The number of benzene rings is 1. The van der Waals surface area contributed by atoms with Gasteiger partial charge in [0.25, 0.3) is 0 Å². The molecule has 8 heteroatoms. The molecule has 2 heterocycles. The van der Waals surface area contributed by atoms with Crippen molar-refractivity contribution in [2.24, 2.45) is 11.7 Å². The first-order valence-corrected chi connectivity index (χ1v) is 9.24. The summed E-state index contributed by atoms with van der Waals surface area (Å²) < 4.78 is 23.6. The number of rotatable bonds is 3. The lowest BCUT2D eigenvalue weighted by molar-refractivity contribution is -0.122. The van der Waals surface area contributed by atoms with Crippen LogP contribution in [0.2, 0.25) is 0 Å². The van der Waals surface area contributed by atoms with Crippen LogP contribution in [0.25, 0.3) is 10.9 Å². The predicted molar refractivity (Wildman–Crippen MR) is 86.8 cm³/mol. The van der Waals surface area contributed by atoms with E-state index in [1.807, 2.05) is 4.90 Å². The molecule has 122 valence electrons. The Hall–Kier alpha value is -2.22. The number of nitrogens with zero attached hydrogens (tertiary/aromatic N) is 3. The highest BCUT2D eigenvalue weighted by Crippen LogP contribution is 2.29. The summed E-state index contributed by atoms with van der Waals surface area (Å²) in [5.74, 6) is 0.114. The molecular weight excluding hydrogens is 316 g/mol. The summed E-state index contributed by atoms with van der Waals surface area (Å²) in [7, 11) is -3.31. The normalized spacial score (nSPS) is 19.0. The van der Waals surface area contributed by atoms with Crippen LogP contribution in [0.3, 0.4) is 0 Å². The van der Waals surface area contributed by atoms with Crippen molar-refractivity contribution in [3.63, 3.8) is 0 Å². The molecule has 1 saturated heterocycles. The van der Waals surface area contributed by atoms with Crippen LogP contribution >= 0.6 is 0 Å². The average Bonchev–Trinajstić information content (AvgIpc) is 2.53. The Balaban J connectivity index is 2.08. The zero-order chi connectivity index (χ0) is 16.6. The fraction of sp³-hybridized carbons (Fsp3) is 0.400. The number of carbonyl (C=O) groups excluding carboxylic acids is 1. The fourth-order valence-electron chi connectivity index (χ4n) is 2.91. The molecule has 1 fully saturated rings. The molecule has 1 aliphatic rings. The first-order valence-electron chi connectivity index (χ1n) is 7.35. The van der Waals surface area contributed by atoms with Crippen molar-refractivity contribution in [2.75, 3.05) is 24.2 Å². The van der Waals surface area contributed by atoms with Gasteiger partial charge in [-0.2, -0.15) is 0 Å². The van der Waals surface area contributed by atoms with Gasteiger partial charge in [-0.15, -0.1) is 0 Å². The van der Waals surface area contributed by atoms with E-state index in [4.69, 9.17) is 5.73 Å². The molecule has 1 atom stereocenters. The van der Waals surface area contributed by atoms with Gasteiger partial charge in [-0.1, -0.05) is 0 Å². The van der Waals surface area contributed by atoms with E-state index in [9.17, 15) is 13.2 Å². The molecule has 23 heavy (non-hydrogen) atoms. The third kappa shape index (κ3) is 3.12. The largest absolute Gasteiger partial charge is 0.369 e. The van der Waals surface area contributed by atoms with E-state index in [1.165, 1.54) is 18.6 Å². The maximum atomic E-state index is 11.8. The van der Waals surface area contributed by atoms with Gasteiger partial charge in [-0.05, 0) is 31.0 Å². The van der Waals surface area contributed by atoms with Crippen molar-refractivity contribution in [3.05, 3.63) is 24.5 Å². The lowest BCUT2D eigenvalue weighted by Gasteiger charge is -2.32. The smallest absolute Gasteiger partial charge is 0.222 e. The van der Waals surface area contributed by atoms with Crippen molar-refractivity contribution in [1.82, 2.24) is 9.97 Å². The Morgan fingerprint density at radius 2 is 2.13 bits per heavy atom. The number of carbonyl (C=O) groups is 1. The summed E-state index contributed by atoms with van der Waals surface area (Å²) in [4.78, 5) is 22.2. The van der Waals surface area contributed by atoms with Crippen LogP contribution in [0.1, 0.15) is 12.8 Å². The first kappa shape index (κ1) is 15.7. The van der Waals surface area contributed by atoms with E-state index in [0.717, 1.165) is 19.4 Å². The topological polar surface area (TPSA) is 106 Å². The Morgan fingerprint density at radius 3 is 2.83 bits per heavy atom. The monoisotopic (exact) mass is 334 g/mol. The molecule has 0 aliphatic carbocycles. The zero-order valence-corrected chi connectivity index (χ0v) is 13.6. The Bertz CT molecular complexity index is 866. The van der Waals surface area contributed by atoms with Crippen LogP contribution in [0, 0.1) is 5.92 Å². The first-order chi connectivity index (χ1) is 10.9. The highest BCUT2D eigenvalue weighted by atomic mass is 32.2. The number of amides is 1. The van der Waals surface area contributed by atoms with Gasteiger partial charge >= 0.3 is 0 Å². The molecule has 3 rings (SSSR count). The summed E-state index contributed by atoms with van der Waals surface area (Å²) in [5, 5.41) is 0.667. The number of hydrogen-bond acceptors (Lipinski definition) is 6. The maximum absolute atomic E-state index is 11.8.